The van der Waals surface area contributed by atoms with E-state index in [0.29, 0.717) is 10.6 Å². The van der Waals surface area contributed by atoms with E-state index in [2.05, 4.69) is 5.32 Å². The molecule has 2 aromatic carbocycles. The van der Waals surface area contributed by atoms with Gasteiger partial charge in [-0.25, -0.2) is 4.39 Å². The van der Waals surface area contributed by atoms with Gasteiger partial charge in [0.2, 0.25) is 0 Å². The summed E-state index contributed by atoms with van der Waals surface area (Å²) in [6.07, 6.45) is 0. The van der Waals surface area contributed by atoms with Crippen LogP contribution in [0.3, 0.4) is 0 Å². The number of hydrogen-bond acceptors (Lipinski definition) is 2. The zero-order chi connectivity index (χ0) is 14.0. The predicted octanol–water partition coefficient (Wildman–Crippen LogP) is 5.01. The van der Waals surface area contributed by atoms with Crippen LogP contribution in [0.4, 0.5) is 10.1 Å². The van der Waals surface area contributed by atoms with Gasteiger partial charge >= 0.3 is 0 Å². The molecule has 0 bridgehead atoms. The van der Waals surface area contributed by atoms with Gasteiger partial charge in [-0.2, -0.15) is 0 Å². The third kappa shape index (κ3) is 3.11. The molecule has 1 atom stereocenters. The summed E-state index contributed by atoms with van der Waals surface area (Å²) in [6, 6.07) is 9.00. The van der Waals surface area contributed by atoms with Gasteiger partial charge in [0.05, 0.1) is 11.1 Å². The summed E-state index contributed by atoms with van der Waals surface area (Å²) < 4.78 is 13.5. The average molecular weight is 300 g/mol. The van der Waals surface area contributed by atoms with E-state index in [0.717, 1.165) is 5.69 Å². The van der Waals surface area contributed by atoms with Crippen LogP contribution in [0.15, 0.2) is 36.4 Å². The molecule has 0 aromatic heterocycles. The molecule has 2 nitrogen and oxygen atoms in total. The molecule has 5 heteroatoms. The summed E-state index contributed by atoms with van der Waals surface area (Å²) >= 11 is 12.0. The van der Waals surface area contributed by atoms with E-state index < -0.39 is 5.82 Å². The molecule has 100 valence electrons. The highest BCUT2D eigenvalue weighted by molar-refractivity contribution is 6.36. The van der Waals surface area contributed by atoms with E-state index in [9.17, 15) is 9.50 Å². The van der Waals surface area contributed by atoms with Gasteiger partial charge in [0.1, 0.15) is 11.6 Å². The zero-order valence-corrected chi connectivity index (χ0v) is 11.6. The molecule has 2 rings (SSSR count). The molecular formula is C14H12Cl2FNO. The number of aromatic hydroxyl groups is 1. The van der Waals surface area contributed by atoms with Crippen LogP contribution in [0.1, 0.15) is 18.5 Å². The van der Waals surface area contributed by atoms with Crippen molar-refractivity contribution in [2.45, 2.75) is 13.0 Å². The Kier molecular flexibility index (Phi) is 4.17. The summed E-state index contributed by atoms with van der Waals surface area (Å²) in [4.78, 5) is 0. The van der Waals surface area contributed by atoms with Crippen LogP contribution in [-0.4, -0.2) is 5.11 Å². The SMILES string of the molecule is CC(Nc1ccc(O)cc1)c1c(Cl)ccc(F)c1Cl. The first-order valence-electron chi connectivity index (χ1n) is 5.68. The second-order valence-corrected chi connectivity index (χ2v) is 4.95. The Balaban J connectivity index is 2.27. The van der Waals surface area contributed by atoms with Crippen molar-refractivity contribution in [2.24, 2.45) is 0 Å². The van der Waals surface area contributed by atoms with Crippen LogP contribution in [-0.2, 0) is 0 Å². The van der Waals surface area contributed by atoms with Gasteiger partial charge in [-0.1, -0.05) is 23.2 Å². The van der Waals surface area contributed by atoms with Gasteiger partial charge in [-0.15, -0.1) is 0 Å². The van der Waals surface area contributed by atoms with Crippen LogP contribution in [0.5, 0.6) is 5.75 Å². The van der Waals surface area contributed by atoms with Crippen molar-refractivity contribution in [3.05, 3.63) is 57.8 Å². The highest BCUT2D eigenvalue weighted by atomic mass is 35.5. The maximum absolute atomic E-state index is 13.5. The molecule has 0 radical (unpaired) electrons. The largest absolute Gasteiger partial charge is 0.508 e. The summed E-state index contributed by atoms with van der Waals surface area (Å²) in [5, 5.41) is 12.8. The van der Waals surface area contributed by atoms with E-state index in [4.69, 9.17) is 23.2 Å². The lowest BCUT2D eigenvalue weighted by molar-refractivity contribution is 0.475. The lowest BCUT2D eigenvalue weighted by atomic mass is 10.1. The topological polar surface area (TPSA) is 32.3 Å². The fourth-order valence-corrected chi connectivity index (χ4v) is 2.52. The van der Waals surface area contributed by atoms with Crippen molar-refractivity contribution in [1.82, 2.24) is 0 Å². The number of nitrogens with one attached hydrogen (secondary N) is 1. The maximum atomic E-state index is 13.5. The number of phenols is 1. The van der Waals surface area contributed by atoms with Crippen LogP contribution < -0.4 is 5.32 Å². The second kappa shape index (κ2) is 5.68. The molecule has 0 heterocycles. The lowest BCUT2D eigenvalue weighted by Crippen LogP contribution is -2.08. The smallest absolute Gasteiger partial charge is 0.142 e. The van der Waals surface area contributed by atoms with Crippen LogP contribution in [0.25, 0.3) is 0 Å². The first-order valence-corrected chi connectivity index (χ1v) is 6.43. The molecule has 19 heavy (non-hydrogen) atoms. The normalized spacial score (nSPS) is 12.2. The van der Waals surface area contributed by atoms with Gasteiger partial charge in [-0.3, -0.25) is 0 Å². The minimum Gasteiger partial charge on any atom is -0.508 e. The molecule has 0 saturated carbocycles. The van der Waals surface area contributed by atoms with Gasteiger partial charge in [0, 0.05) is 16.3 Å². The van der Waals surface area contributed by atoms with Gasteiger partial charge < -0.3 is 10.4 Å². The predicted molar refractivity (Wildman–Crippen MR) is 76.6 cm³/mol. The number of anilines is 1. The van der Waals surface area contributed by atoms with Crippen LogP contribution in [0.2, 0.25) is 10.0 Å². The molecule has 2 aromatic rings. The van der Waals surface area contributed by atoms with E-state index in [1.165, 1.54) is 12.1 Å². The van der Waals surface area contributed by atoms with E-state index >= 15 is 0 Å². The Morgan fingerprint density at radius 2 is 1.74 bits per heavy atom. The summed E-state index contributed by atoms with van der Waals surface area (Å²) in [5.41, 5.74) is 1.29. The molecule has 0 aliphatic rings. The first-order chi connectivity index (χ1) is 8.99. The van der Waals surface area contributed by atoms with Crippen molar-refractivity contribution in [3.8, 4) is 5.75 Å². The monoisotopic (exact) mass is 299 g/mol. The van der Waals surface area contributed by atoms with Crippen LogP contribution >= 0.6 is 23.2 Å². The number of phenolic OH excluding ortho intramolecular Hbond substituents is 1. The zero-order valence-electron chi connectivity index (χ0n) is 10.1. The summed E-state index contributed by atoms with van der Waals surface area (Å²) in [6.45, 7) is 1.83. The van der Waals surface area contributed by atoms with Gasteiger partial charge in [0.25, 0.3) is 0 Å². The van der Waals surface area contributed by atoms with Crippen molar-refractivity contribution in [1.29, 1.82) is 0 Å². The fourth-order valence-electron chi connectivity index (χ4n) is 1.82. The maximum Gasteiger partial charge on any atom is 0.142 e. The van der Waals surface area contributed by atoms with Crippen molar-refractivity contribution in [2.75, 3.05) is 5.32 Å². The fraction of sp³-hybridized carbons (Fsp3) is 0.143. The molecule has 0 saturated heterocycles. The highest BCUT2D eigenvalue weighted by Crippen LogP contribution is 2.34. The molecular weight excluding hydrogens is 288 g/mol. The average Bonchev–Trinajstić information content (AvgIpc) is 2.37. The third-order valence-electron chi connectivity index (χ3n) is 2.76. The standard InChI is InChI=1S/C14H12Cl2FNO/c1-8(18-9-2-4-10(19)5-3-9)13-11(15)6-7-12(17)14(13)16/h2-8,18-19H,1H3. The van der Waals surface area contributed by atoms with Crippen LogP contribution in [0, 0.1) is 5.82 Å². The number of hydrogen-bond donors (Lipinski definition) is 2. The Morgan fingerprint density at radius 3 is 2.37 bits per heavy atom. The second-order valence-electron chi connectivity index (χ2n) is 4.17. The molecule has 0 fully saturated rings. The van der Waals surface area contributed by atoms with Gasteiger partial charge in [0.15, 0.2) is 0 Å². The van der Waals surface area contributed by atoms with Crippen molar-refractivity contribution in [3.63, 3.8) is 0 Å². The quantitative estimate of drug-likeness (QED) is 0.617. The van der Waals surface area contributed by atoms with Crippen molar-refractivity contribution >= 4 is 28.9 Å². The Labute approximate surface area is 120 Å². The minimum absolute atomic E-state index is 0.0197. The first kappa shape index (κ1) is 14.0. The molecule has 1 unspecified atom stereocenters. The number of halogens is 3. The van der Waals surface area contributed by atoms with Crippen molar-refractivity contribution < 1.29 is 9.50 Å². The molecule has 0 aliphatic heterocycles. The van der Waals surface area contributed by atoms with Gasteiger partial charge in [-0.05, 0) is 43.3 Å². The van der Waals surface area contributed by atoms with E-state index in [1.54, 1.807) is 24.3 Å². The number of benzene rings is 2. The summed E-state index contributed by atoms with van der Waals surface area (Å²) in [5.74, 6) is -0.319. The molecule has 2 N–H and O–H groups in total. The lowest BCUT2D eigenvalue weighted by Gasteiger charge is -2.18. The molecule has 0 amide bonds. The van der Waals surface area contributed by atoms with E-state index in [-0.39, 0.29) is 16.8 Å². The van der Waals surface area contributed by atoms with E-state index in [1.807, 2.05) is 6.92 Å². The Bertz CT molecular complexity index is 587. The highest BCUT2D eigenvalue weighted by Gasteiger charge is 2.16. The minimum atomic E-state index is -0.500. The third-order valence-corrected chi connectivity index (χ3v) is 3.48. The number of rotatable bonds is 3. The Morgan fingerprint density at radius 1 is 1.11 bits per heavy atom. The molecule has 0 aliphatic carbocycles. The molecule has 0 spiro atoms. The summed E-state index contributed by atoms with van der Waals surface area (Å²) in [7, 11) is 0. The Hall–Kier alpha value is -1.45.